The van der Waals surface area contributed by atoms with Crippen LogP contribution in [0.2, 0.25) is 0 Å². The molecule has 0 atom stereocenters. The van der Waals surface area contributed by atoms with Crippen molar-refractivity contribution in [3.63, 3.8) is 0 Å². The fourth-order valence-corrected chi connectivity index (χ4v) is 10.4. The Labute approximate surface area is 431 Å². The van der Waals surface area contributed by atoms with Crippen molar-refractivity contribution in [3.05, 3.63) is 115 Å². The number of benzene rings is 4. The van der Waals surface area contributed by atoms with E-state index in [2.05, 4.69) is 215 Å². The van der Waals surface area contributed by atoms with Gasteiger partial charge >= 0.3 is 36.4 Å². The minimum absolute atomic E-state index is 0.0955. The van der Waals surface area contributed by atoms with Gasteiger partial charge < -0.3 is 27.9 Å². The summed E-state index contributed by atoms with van der Waals surface area (Å²) in [7, 11) is -9.35. The average molecular weight is 1020 g/mol. The standard InChI is InChI=1S/2C29H43O4P.Al.H2O/c2*1-26(2,3)20-14-18-13-19-15-21(27(4,5)6)17-23(29(10,11)12)25(19)33-34(30,31)32-24(18)22(16-20)28(7,8)9;;/h2*14-17H,13H2,1-12H3,(H,30,31);;1H2/q;;+3;/p-3. The van der Waals surface area contributed by atoms with Gasteiger partial charge in [0.25, 0.3) is 0 Å². The molecule has 0 amide bonds. The van der Waals surface area contributed by atoms with E-state index in [4.69, 9.17) is 22.3 Å². The predicted molar refractivity (Wildman–Crippen MR) is 287 cm³/mol. The molecule has 0 radical (unpaired) electrons. The number of rotatable bonds is 0. The number of phosphoric acid groups is 2. The van der Waals surface area contributed by atoms with Gasteiger partial charge in [0.05, 0.1) is 0 Å². The summed E-state index contributed by atoms with van der Waals surface area (Å²) in [6, 6.07) is 16.8. The van der Waals surface area contributed by atoms with Crippen molar-refractivity contribution in [2.45, 2.75) is 222 Å². The summed E-state index contributed by atoms with van der Waals surface area (Å²) < 4.78 is 56.4. The molecule has 384 valence electrons. The summed E-state index contributed by atoms with van der Waals surface area (Å²) in [5, 5.41) is 0. The third-order valence-electron chi connectivity index (χ3n) is 12.9. The van der Waals surface area contributed by atoms with Gasteiger partial charge in [-0.3, -0.25) is 0 Å². The fourth-order valence-electron chi connectivity index (χ4n) is 8.57. The van der Waals surface area contributed by atoms with E-state index in [-0.39, 0.29) is 43.3 Å². The monoisotopic (exact) mass is 1010 g/mol. The molecule has 9 nitrogen and oxygen atoms in total. The Morgan fingerprint density at radius 1 is 0.343 bits per heavy atom. The number of phosphoric ester groups is 2. The van der Waals surface area contributed by atoms with Crippen LogP contribution in [-0.4, -0.2) is 20.8 Å². The van der Waals surface area contributed by atoms with Gasteiger partial charge in [-0.05, 0) is 87.8 Å². The first-order valence-corrected chi connectivity index (χ1v) is 28.0. The van der Waals surface area contributed by atoms with E-state index in [1.807, 2.05) is 0 Å². The van der Waals surface area contributed by atoms with Crippen LogP contribution >= 0.6 is 15.6 Å². The van der Waals surface area contributed by atoms with Crippen LogP contribution in [0, 0.1) is 0 Å². The van der Waals surface area contributed by atoms with Gasteiger partial charge in [0.2, 0.25) is 0 Å². The third kappa shape index (κ3) is 14.2. The van der Waals surface area contributed by atoms with Crippen LogP contribution in [0.3, 0.4) is 0 Å². The van der Waals surface area contributed by atoms with Crippen LogP contribution in [0.5, 0.6) is 23.0 Å². The molecule has 4 aromatic rings. The Hall–Kier alpha value is -3.05. The maximum absolute atomic E-state index is 13.3. The quantitative estimate of drug-likeness (QED) is 0.135. The molecule has 0 spiro atoms. The summed E-state index contributed by atoms with van der Waals surface area (Å²) >= 11 is 1.42. The molecule has 0 bridgehead atoms. The second kappa shape index (κ2) is 19.7. The van der Waals surface area contributed by atoms with E-state index in [1.165, 1.54) is 16.6 Å². The molecule has 0 aromatic heterocycles. The first-order valence-electron chi connectivity index (χ1n) is 24.6. The Balaban J connectivity index is 0.000000294. The molecule has 1 N–H and O–H groups in total. The Bertz CT molecular complexity index is 2320. The van der Waals surface area contributed by atoms with Crippen molar-refractivity contribution in [1.82, 2.24) is 0 Å². The number of hydrogen-bond donors (Lipinski definition) is 1. The van der Waals surface area contributed by atoms with Gasteiger partial charge in [-0.25, -0.2) is 9.13 Å². The molecule has 2 aliphatic rings. The van der Waals surface area contributed by atoms with Crippen LogP contribution in [-0.2, 0) is 65.3 Å². The molecule has 0 aliphatic carbocycles. The zero-order valence-corrected chi connectivity index (χ0v) is 50.2. The van der Waals surface area contributed by atoms with Gasteiger partial charge in [0, 0.05) is 35.1 Å². The summed E-state index contributed by atoms with van der Waals surface area (Å²) in [6.07, 6.45) is 1.06. The maximum atomic E-state index is 13.3. The molecule has 0 unspecified atom stereocenters. The van der Waals surface area contributed by atoms with E-state index in [9.17, 15) is 18.9 Å². The minimum atomic E-state index is -4.68. The third-order valence-corrected chi connectivity index (χ3v) is 14.6. The Morgan fingerprint density at radius 3 is 0.629 bits per heavy atom. The summed E-state index contributed by atoms with van der Waals surface area (Å²) in [6.45, 7) is 51.1. The fraction of sp³-hybridized carbons (Fsp3) is 0.586. The van der Waals surface area contributed by atoms with E-state index in [0.717, 1.165) is 66.8 Å². The summed E-state index contributed by atoms with van der Waals surface area (Å²) in [4.78, 5) is 26.5. The summed E-state index contributed by atoms with van der Waals surface area (Å²) in [5.74, 6) is 1.62. The Morgan fingerprint density at radius 2 is 0.500 bits per heavy atom. The molecule has 4 aromatic carbocycles. The Kier molecular flexibility index (Phi) is 16.7. The molecule has 12 heteroatoms. The van der Waals surface area contributed by atoms with Gasteiger partial charge in [-0.1, -0.05) is 215 Å². The topological polar surface area (TPSA) is 137 Å². The van der Waals surface area contributed by atoms with Crippen molar-refractivity contribution >= 4 is 32.3 Å². The van der Waals surface area contributed by atoms with Gasteiger partial charge in [-0.15, -0.1) is 0 Å². The molecule has 2 heterocycles. The van der Waals surface area contributed by atoms with Crippen LogP contribution in [0.25, 0.3) is 0 Å². The van der Waals surface area contributed by atoms with Gasteiger partial charge in [0.15, 0.2) is 0 Å². The van der Waals surface area contributed by atoms with Crippen molar-refractivity contribution in [3.8, 4) is 23.0 Å². The predicted octanol–water partition coefficient (Wildman–Crippen LogP) is 14.5. The van der Waals surface area contributed by atoms with Crippen molar-refractivity contribution in [2.24, 2.45) is 0 Å². The molecular formula is C58H85AlO9P2. The van der Waals surface area contributed by atoms with Gasteiger partial charge in [0.1, 0.15) is 23.0 Å². The van der Waals surface area contributed by atoms with E-state index in [0.29, 0.717) is 35.8 Å². The van der Waals surface area contributed by atoms with Crippen LogP contribution in [0.4, 0.5) is 0 Å². The molecular weight excluding hydrogens is 930 g/mol. The summed E-state index contributed by atoms with van der Waals surface area (Å²) in [5.41, 5.74) is 10.0. The normalized spacial score (nSPS) is 16.1. The van der Waals surface area contributed by atoms with E-state index >= 15 is 0 Å². The SMILES string of the molecule is CC(C)(C)c1cc2c(c(C(C)(C)C)c1)OP(=O)([O-])Oc1c(cc(C(C)(C)C)cc1C(C)(C)C)C2.CC(C)(C)c1cc2c(c(C(C)(C)C)c1)OP(=O)([O-])Oc1c(cc(C(C)(C)C)cc1C(C)(C)C)C2.[OH][Al+2]. The second-order valence-electron chi connectivity index (χ2n) is 27.7. The first kappa shape index (κ1) is 59.5. The number of fused-ring (bicyclic) bond motifs is 4. The van der Waals surface area contributed by atoms with E-state index < -0.39 is 15.6 Å². The molecule has 70 heavy (non-hydrogen) atoms. The average Bonchev–Trinajstić information content (AvgIpc) is 3.13. The first-order chi connectivity index (χ1) is 31.2. The van der Waals surface area contributed by atoms with Crippen molar-refractivity contribution in [1.29, 1.82) is 0 Å². The van der Waals surface area contributed by atoms with Crippen molar-refractivity contribution < 1.29 is 41.2 Å². The van der Waals surface area contributed by atoms with Gasteiger partial charge in [-0.2, -0.15) is 0 Å². The van der Waals surface area contributed by atoms with Crippen molar-refractivity contribution in [2.75, 3.05) is 0 Å². The molecule has 0 fully saturated rings. The second-order valence-corrected chi connectivity index (χ2v) is 30.2. The van der Waals surface area contributed by atoms with Crippen LogP contribution in [0.1, 0.15) is 233 Å². The zero-order valence-electron chi connectivity index (χ0n) is 47.2. The molecule has 0 saturated heterocycles. The number of hydrogen-bond acceptors (Lipinski definition) is 9. The molecule has 6 rings (SSSR count). The van der Waals surface area contributed by atoms with E-state index in [1.54, 1.807) is 0 Å². The molecule has 2 aliphatic heterocycles. The van der Waals surface area contributed by atoms with Crippen LogP contribution in [0.15, 0.2) is 48.5 Å². The van der Waals surface area contributed by atoms with Crippen LogP contribution < -0.4 is 27.9 Å². The zero-order chi connectivity index (χ0) is 54.1. The molecule has 0 saturated carbocycles.